The van der Waals surface area contributed by atoms with Gasteiger partial charge in [-0.3, -0.25) is 4.79 Å². The zero-order valence-electron chi connectivity index (χ0n) is 13.3. The number of rotatable bonds is 4. The molecule has 0 spiro atoms. The van der Waals surface area contributed by atoms with Crippen LogP contribution in [0.25, 0.3) is 21.9 Å². The van der Waals surface area contributed by atoms with Crippen LogP contribution in [0.1, 0.15) is 0 Å². The first-order valence-electron chi connectivity index (χ1n) is 6.87. The summed E-state index contributed by atoms with van der Waals surface area (Å²) in [5.41, 5.74) is 0.487. The fourth-order valence-corrected chi connectivity index (χ4v) is 2.51. The highest BCUT2D eigenvalue weighted by Crippen LogP contribution is 2.35. The minimum atomic E-state index is -0.224. The Morgan fingerprint density at radius 2 is 1.39 bits per heavy atom. The molecule has 0 N–H and O–H groups in total. The monoisotopic (exact) mass is 316 g/mol. The van der Waals surface area contributed by atoms with E-state index in [1.54, 1.807) is 24.3 Å². The van der Waals surface area contributed by atoms with E-state index in [9.17, 15) is 4.79 Å². The van der Waals surface area contributed by atoms with Crippen molar-refractivity contribution in [3.05, 3.63) is 34.5 Å². The molecule has 1 aromatic heterocycles. The van der Waals surface area contributed by atoms with E-state index in [1.165, 1.54) is 28.4 Å². The van der Waals surface area contributed by atoms with Crippen LogP contribution < -0.4 is 24.4 Å². The van der Waals surface area contributed by atoms with Crippen LogP contribution in [0.15, 0.2) is 33.5 Å². The third-order valence-electron chi connectivity index (χ3n) is 3.66. The standard InChI is InChI=1S/C17H16O6/c1-19-9-5-11-16(18)15-12(21-3)6-10(20-2)7-13(15)23-17(11)14(8-9)22-4/h5-8H,1-4H3. The maximum Gasteiger partial charge on any atom is 0.204 e. The zero-order valence-corrected chi connectivity index (χ0v) is 13.3. The van der Waals surface area contributed by atoms with E-state index in [4.69, 9.17) is 23.4 Å². The Labute approximate surface area is 132 Å². The quantitative estimate of drug-likeness (QED) is 0.689. The van der Waals surface area contributed by atoms with Crippen LogP contribution in [-0.4, -0.2) is 28.4 Å². The summed E-state index contributed by atoms with van der Waals surface area (Å²) in [5, 5.41) is 0.702. The normalized spacial score (nSPS) is 10.8. The van der Waals surface area contributed by atoms with Crippen molar-refractivity contribution < 1.29 is 23.4 Å². The summed E-state index contributed by atoms with van der Waals surface area (Å²) in [6.07, 6.45) is 0. The molecule has 0 aliphatic heterocycles. The van der Waals surface area contributed by atoms with Crippen molar-refractivity contribution in [2.24, 2.45) is 0 Å². The lowest BCUT2D eigenvalue weighted by Gasteiger charge is -2.11. The Bertz CT molecular complexity index is 941. The topological polar surface area (TPSA) is 67.1 Å². The minimum Gasteiger partial charge on any atom is -0.497 e. The van der Waals surface area contributed by atoms with Gasteiger partial charge in [0.05, 0.1) is 33.8 Å². The van der Waals surface area contributed by atoms with E-state index >= 15 is 0 Å². The van der Waals surface area contributed by atoms with Gasteiger partial charge in [0.1, 0.15) is 28.2 Å². The molecule has 6 nitrogen and oxygen atoms in total. The average molecular weight is 316 g/mol. The number of ether oxygens (including phenoxy) is 4. The molecule has 0 aliphatic carbocycles. The van der Waals surface area contributed by atoms with Gasteiger partial charge in [-0.25, -0.2) is 0 Å². The van der Waals surface area contributed by atoms with Gasteiger partial charge in [-0.15, -0.1) is 0 Å². The number of methoxy groups -OCH3 is 4. The molecule has 0 bridgehead atoms. The molecule has 3 aromatic rings. The van der Waals surface area contributed by atoms with Crippen LogP contribution in [0.2, 0.25) is 0 Å². The van der Waals surface area contributed by atoms with Crippen LogP contribution in [0.3, 0.4) is 0 Å². The van der Waals surface area contributed by atoms with Crippen LogP contribution in [-0.2, 0) is 0 Å². The molecule has 0 saturated heterocycles. The second-order valence-corrected chi connectivity index (χ2v) is 4.84. The minimum absolute atomic E-state index is 0.224. The lowest BCUT2D eigenvalue weighted by atomic mass is 10.1. The molecule has 0 aliphatic rings. The van der Waals surface area contributed by atoms with Crippen molar-refractivity contribution in [2.45, 2.75) is 0 Å². The van der Waals surface area contributed by atoms with E-state index in [0.717, 1.165) is 0 Å². The molecule has 2 aromatic carbocycles. The zero-order chi connectivity index (χ0) is 16.6. The van der Waals surface area contributed by atoms with Gasteiger partial charge >= 0.3 is 0 Å². The van der Waals surface area contributed by atoms with E-state index in [1.807, 2.05) is 0 Å². The first kappa shape index (κ1) is 15.0. The summed E-state index contributed by atoms with van der Waals surface area (Å²) in [6.45, 7) is 0. The summed E-state index contributed by atoms with van der Waals surface area (Å²) in [7, 11) is 6.05. The molecule has 0 amide bonds. The molecule has 0 fully saturated rings. The molecule has 3 rings (SSSR count). The number of benzene rings is 2. The Hall–Kier alpha value is -2.89. The summed E-state index contributed by atoms with van der Waals surface area (Å²) in [4.78, 5) is 12.9. The van der Waals surface area contributed by atoms with E-state index in [-0.39, 0.29) is 5.43 Å². The molecular weight excluding hydrogens is 300 g/mol. The highest BCUT2D eigenvalue weighted by Gasteiger charge is 2.18. The second-order valence-electron chi connectivity index (χ2n) is 4.84. The molecular formula is C17H16O6. The maximum absolute atomic E-state index is 12.9. The highest BCUT2D eigenvalue weighted by atomic mass is 16.5. The maximum atomic E-state index is 12.9. The van der Waals surface area contributed by atoms with E-state index < -0.39 is 0 Å². The Morgan fingerprint density at radius 1 is 0.783 bits per heavy atom. The molecule has 0 unspecified atom stereocenters. The number of hydrogen-bond donors (Lipinski definition) is 0. The summed E-state index contributed by atoms with van der Waals surface area (Å²) in [6, 6.07) is 6.56. The van der Waals surface area contributed by atoms with E-state index in [2.05, 4.69) is 0 Å². The fraction of sp³-hybridized carbons (Fsp3) is 0.235. The average Bonchev–Trinajstić information content (AvgIpc) is 2.59. The predicted octanol–water partition coefficient (Wildman–Crippen LogP) is 2.98. The van der Waals surface area contributed by atoms with Gasteiger partial charge in [-0.05, 0) is 6.07 Å². The summed E-state index contributed by atoms with van der Waals surface area (Å²) >= 11 is 0. The summed E-state index contributed by atoms with van der Waals surface area (Å²) < 4.78 is 26.9. The predicted molar refractivity (Wildman–Crippen MR) is 86.2 cm³/mol. The van der Waals surface area contributed by atoms with Crippen LogP contribution in [0.5, 0.6) is 23.0 Å². The molecule has 6 heteroatoms. The lowest BCUT2D eigenvalue weighted by molar-refractivity contribution is 0.391. The van der Waals surface area contributed by atoms with Crippen LogP contribution >= 0.6 is 0 Å². The third-order valence-corrected chi connectivity index (χ3v) is 3.66. The van der Waals surface area contributed by atoms with Gasteiger partial charge in [0.25, 0.3) is 0 Å². The van der Waals surface area contributed by atoms with Crippen molar-refractivity contribution in [3.8, 4) is 23.0 Å². The fourth-order valence-electron chi connectivity index (χ4n) is 2.51. The number of hydrogen-bond acceptors (Lipinski definition) is 6. The van der Waals surface area contributed by atoms with Gasteiger partial charge in [0, 0.05) is 18.2 Å². The van der Waals surface area contributed by atoms with Crippen LogP contribution in [0.4, 0.5) is 0 Å². The Balaban J connectivity index is 2.52. The molecule has 120 valence electrons. The molecule has 0 saturated carbocycles. The third kappa shape index (κ3) is 2.32. The van der Waals surface area contributed by atoms with Crippen molar-refractivity contribution in [3.63, 3.8) is 0 Å². The SMILES string of the molecule is COc1cc(OC)c2c(=O)c3cc(OC)cc(OC)c3oc2c1. The van der Waals surface area contributed by atoms with Crippen molar-refractivity contribution in [1.82, 2.24) is 0 Å². The molecule has 0 atom stereocenters. The highest BCUT2D eigenvalue weighted by molar-refractivity contribution is 5.96. The lowest BCUT2D eigenvalue weighted by Crippen LogP contribution is -2.05. The van der Waals surface area contributed by atoms with Gasteiger partial charge in [-0.2, -0.15) is 0 Å². The van der Waals surface area contributed by atoms with Gasteiger partial charge in [-0.1, -0.05) is 0 Å². The van der Waals surface area contributed by atoms with Gasteiger partial charge in [0.15, 0.2) is 11.3 Å². The smallest absolute Gasteiger partial charge is 0.204 e. The van der Waals surface area contributed by atoms with Gasteiger partial charge < -0.3 is 23.4 Å². The summed E-state index contributed by atoms with van der Waals surface area (Å²) in [5.74, 6) is 1.84. The van der Waals surface area contributed by atoms with E-state index in [0.29, 0.717) is 44.9 Å². The first-order valence-corrected chi connectivity index (χ1v) is 6.87. The van der Waals surface area contributed by atoms with Crippen LogP contribution in [0, 0.1) is 0 Å². The van der Waals surface area contributed by atoms with Crippen molar-refractivity contribution in [2.75, 3.05) is 28.4 Å². The largest absolute Gasteiger partial charge is 0.497 e. The second kappa shape index (κ2) is 5.72. The van der Waals surface area contributed by atoms with Crippen molar-refractivity contribution in [1.29, 1.82) is 0 Å². The molecule has 1 heterocycles. The first-order chi connectivity index (χ1) is 11.1. The number of fused-ring (bicyclic) bond motifs is 2. The molecule has 23 heavy (non-hydrogen) atoms. The van der Waals surface area contributed by atoms with Gasteiger partial charge in [0.2, 0.25) is 5.43 Å². The molecule has 0 radical (unpaired) electrons. The Morgan fingerprint density at radius 3 is 2.00 bits per heavy atom. The van der Waals surface area contributed by atoms with Crippen molar-refractivity contribution >= 4 is 21.9 Å². The Kier molecular flexibility index (Phi) is 3.73.